The van der Waals surface area contributed by atoms with Crippen LogP contribution in [0.5, 0.6) is 0 Å². The zero-order valence-corrected chi connectivity index (χ0v) is 13.4. The van der Waals surface area contributed by atoms with E-state index in [2.05, 4.69) is 37.9 Å². The number of carbonyl (C=O) groups excluding carboxylic acids is 1. The summed E-state index contributed by atoms with van der Waals surface area (Å²) in [4.78, 5) is 15.0. The predicted molar refractivity (Wildman–Crippen MR) is 78.2 cm³/mol. The topological polar surface area (TPSA) is 41.6 Å². The third-order valence-electron chi connectivity index (χ3n) is 5.58. The highest BCUT2D eigenvalue weighted by Gasteiger charge is 2.64. The van der Waals surface area contributed by atoms with Crippen molar-refractivity contribution in [2.45, 2.75) is 77.7 Å². The molecule has 3 fully saturated rings. The van der Waals surface area contributed by atoms with Gasteiger partial charge < -0.3 is 9.64 Å². The predicted octanol–water partition coefficient (Wildman–Crippen LogP) is 2.14. The Hall–Kier alpha value is -0.610. The van der Waals surface area contributed by atoms with Gasteiger partial charge in [0.25, 0.3) is 0 Å². The molecule has 2 aliphatic carbocycles. The Morgan fingerprint density at radius 3 is 2.50 bits per heavy atom. The third-order valence-corrected chi connectivity index (χ3v) is 5.58. The molecule has 2 saturated carbocycles. The standard InChI is InChI=1S/C16H28N2O2/c1-6-20-12-9-11(15(12,4)5)18-13(10(2)3)17-16(7-8-16)14(18)19/h10-13,17H,6-9H2,1-5H3. The molecule has 0 aromatic heterocycles. The van der Waals surface area contributed by atoms with Gasteiger partial charge in [0, 0.05) is 18.1 Å². The summed E-state index contributed by atoms with van der Waals surface area (Å²) in [5, 5.41) is 3.61. The van der Waals surface area contributed by atoms with Crippen molar-refractivity contribution in [2.75, 3.05) is 6.61 Å². The largest absolute Gasteiger partial charge is 0.378 e. The monoisotopic (exact) mass is 280 g/mol. The molecule has 0 aromatic carbocycles. The fourth-order valence-corrected chi connectivity index (χ4v) is 3.91. The summed E-state index contributed by atoms with van der Waals surface area (Å²) < 4.78 is 5.82. The maximum absolute atomic E-state index is 12.8. The molecule has 0 aromatic rings. The number of hydrogen-bond donors (Lipinski definition) is 1. The van der Waals surface area contributed by atoms with Crippen LogP contribution < -0.4 is 5.32 Å². The smallest absolute Gasteiger partial charge is 0.244 e. The summed E-state index contributed by atoms with van der Waals surface area (Å²) in [5.74, 6) is 0.782. The molecule has 1 amide bonds. The summed E-state index contributed by atoms with van der Waals surface area (Å²) in [5.41, 5.74) is -0.150. The van der Waals surface area contributed by atoms with E-state index in [0.717, 1.165) is 25.9 Å². The molecule has 114 valence electrons. The van der Waals surface area contributed by atoms with Crippen LogP contribution in [0.4, 0.5) is 0 Å². The van der Waals surface area contributed by atoms with Gasteiger partial charge >= 0.3 is 0 Å². The first-order chi connectivity index (χ1) is 9.33. The van der Waals surface area contributed by atoms with Gasteiger partial charge in [-0.1, -0.05) is 27.7 Å². The van der Waals surface area contributed by atoms with Gasteiger partial charge in [-0.15, -0.1) is 0 Å². The minimum absolute atomic E-state index is 0.0565. The highest BCUT2D eigenvalue weighted by molar-refractivity contribution is 5.92. The molecule has 20 heavy (non-hydrogen) atoms. The SMILES string of the molecule is CCOC1CC(N2C(=O)C3(CC3)NC2C(C)C)C1(C)C. The maximum atomic E-state index is 12.8. The molecular weight excluding hydrogens is 252 g/mol. The molecule has 3 aliphatic rings. The van der Waals surface area contributed by atoms with Crippen molar-refractivity contribution < 1.29 is 9.53 Å². The van der Waals surface area contributed by atoms with Gasteiger partial charge in [0.15, 0.2) is 0 Å². The molecule has 1 heterocycles. The molecule has 1 spiro atoms. The first-order valence-corrected chi connectivity index (χ1v) is 8.05. The summed E-state index contributed by atoms with van der Waals surface area (Å²) in [7, 11) is 0. The molecule has 0 radical (unpaired) electrons. The van der Waals surface area contributed by atoms with E-state index in [1.165, 1.54) is 0 Å². The third kappa shape index (κ3) is 1.84. The van der Waals surface area contributed by atoms with Crippen LogP contribution in [-0.4, -0.2) is 41.3 Å². The molecule has 3 atom stereocenters. The minimum atomic E-state index is -0.207. The Morgan fingerprint density at radius 1 is 1.40 bits per heavy atom. The minimum Gasteiger partial charge on any atom is -0.378 e. The van der Waals surface area contributed by atoms with Crippen LogP contribution in [0.3, 0.4) is 0 Å². The highest BCUT2D eigenvalue weighted by atomic mass is 16.5. The fraction of sp³-hybridized carbons (Fsp3) is 0.938. The molecule has 4 nitrogen and oxygen atoms in total. The van der Waals surface area contributed by atoms with E-state index >= 15 is 0 Å². The zero-order valence-electron chi connectivity index (χ0n) is 13.4. The Bertz CT molecular complexity index is 415. The summed E-state index contributed by atoms with van der Waals surface area (Å²) in [6.45, 7) is 11.7. The first kappa shape index (κ1) is 14.3. The van der Waals surface area contributed by atoms with Crippen LogP contribution in [0.1, 0.15) is 53.9 Å². The van der Waals surface area contributed by atoms with Crippen LogP contribution >= 0.6 is 0 Å². The van der Waals surface area contributed by atoms with Crippen molar-refractivity contribution in [2.24, 2.45) is 11.3 Å². The van der Waals surface area contributed by atoms with E-state index in [-0.39, 0.29) is 23.2 Å². The Labute approximate surface area is 122 Å². The van der Waals surface area contributed by atoms with Crippen LogP contribution in [0, 0.1) is 11.3 Å². The lowest BCUT2D eigenvalue weighted by Gasteiger charge is -2.56. The van der Waals surface area contributed by atoms with Gasteiger partial charge in [0.2, 0.25) is 5.91 Å². The summed E-state index contributed by atoms with van der Waals surface area (Å²) in [6, 6.07) is 0.312. The second kappa shape index (κ2) is 4.44. The van der Waals surface area contributed by atoms with Gasteiger partial charge in [-0.2, -0.15) is 0 Å². The first-order valence-electron chi connectivity index (χ1n) is 8.05. The van der Waals surface area contributed by atoms with Crippen molar-refractivity contribution in [3.8, 4) is 0 Å². The van der Waals surface area contributed by atoms with Gasteiger partial charge in [-0.3, -0.25) is 10.1 Å². The lowest BCUT2D eigenvalue weighted by atomic mass is 9.63. The second-order valence-electron chi connectivity index (χ2n) is 7.64. The zero-order chi connectivity index (χ0) is 14.7. The maximum Gasteiger partial charge on any atom is 0.244 e. The number of amides is 1. The van der Waals surface area contributed by atoms with Crippen molar-refractivity contribution in [3.05, 3.63) is 0 Å². The van der Waals surface area contributed by atoms with Crippen LogP contribution in [0.2, 0.25) is 0 Å². The van der Waals surface area contributed by atoms with E-state index in [1.807, 2.05) is 6.92 Å². The van der Waals surface area contributed by atoms with Crippen molar-refractivity contribution >= 4 is 5.91 Å². The molecule has 1 N–H and O–H groups in total. The van der Waals surface area contributed by atoms with E-state index < -0.39 is 0 Å². The normalized spacial score (nSPS) is 37.6. The lowest BCUT2D eigenvalue weighted by Crippen LogP contribution is -2.65. The van der Waals surface area contributed by atoms with E-state index in [0.29, 0.717) is 17.9 Å². The van der Waals surface area contributed by atoms with Crippen LogP contribution in [-0.2, 0) is 9.53 Å². The van der Waals surface area contributed by atoms with E-state index in [4.69, 9.17) is 4.74 Å². The number of ether oxygens (including phenoxy) is 1. The Morgan fingerprint density at radius 2 is 2.05 bits per heavy atom. The summed E-state index contributed by atoms with van der Waals surface area (Å²) >= 11 is 0. The number of hydrogen-bond acceptors (Lipinski definition) is 3. The van der Waals surface area contributed by atoms with Crippen LogP contribution in [0.25, 0.3) is 0 Å². The van der Waals surface area contributed by atoms with Crippen molar-refractivity contribution in [3.63, 3.8) is 0 Å². The number of rotatable bonds is 4. The van der Waals surface area contributed by atoms with Gasteiger partial charge in [0.1, 0.15) is 0 Å². The lowest BCUT2D eigenvalue weighted by molar-refractivity contribution is -0.170. The van der Waals surface area contributed by atoms with Gasteiger partial charge in [-0.25, -0.2) is 0 Å². The van der Waals surface area contributed by atoms with Gasteiger partial charge in [0.05, 0.1) is 17.8 Å². The molecule has 1 aliphatic heterocycles. The molecule has 0 bridgehead atoms. The molecule has 3 unspecified atom stereocenters. The van der Waals surface area contributed by atoms with Gasteiger partial charge in [-0.05, 0) is 32.1 Å². The number of nitrogens with one attached hydrogen (secondary N) is 1. The highest BCUT2D eigenvalue weighted by Crippen LogP contribution is 2.52. The second-order valence-corrected chi connectivity index (χ2v) is 7.64. The van der Waals surface area contributed by atoms with E-state index in [1.54, 1.807) is 0 Å². The number of carbonyl (C=O) groups is 1. The quantitative estimate of drug-likeness (QED) is 0.858. The van der Waals surface area contributed by atoms with E-state index in [9.17, 15) is 4.79 Å². The molecular formula is C16H28N2O2. The van der Waals surface area contributed by atoms with Crippen molar-refractivity contribution in [1.82, 2.24) is 10.2 Å². The van der Waals surface area contributed by atoms with Crippen LogP contribution in [0.15, 0.2) is 0 Å². The molecule has 1 saturated heterocycles. The Balaban J connectivity index is 1.80. The fourth-order valence-electron chi connectivity index (χ4n) is 3.91. The average molecular weight is 280 g/mol. The van der Waals surface area contributed by atoms with Crippen molar-refractivity contribution in [1.29, 1.82) is 0 Å². The Kier molecular flexibility index (Phi) is 3.18. The molecule has 4 heteroatoms. The molecule has 3 rings (SSSR count). The summed E-state index contributed by atoms with van der Waals surface area (Å²) in [6.07, 6.45) is 3.47. The average Bonchev–Trinajstić information content (AvgIpc) is 3.10. The number of nitrogens with zero attached hydrogens (tertiary/aromatic N) is 1.